The van der Waals surface area contributed by atoms with Crippen LogP contribution in [0.25, 0.3) is 0 Å². The summed E-state index contributed by atoms with van der Waals surface area (Å²) in [4.78, 5) is 0. The molecule has 0 aliphatic heterocycles. The van der Waals surface area contributed by atoms with Gasteiger partial charge in [0, 0.05) is 12.6 Å². The van der Waals surface area contributed by atoms with Crippen LogP contribution in [0.4, 0.5) is 0 Å². The van der Waals surface area contributed by atoms with Gasteiger partial charge in [-0.3, -0.25) is 0 Å². The van der Waals surface area contributed by atoms with E-state index >= 15 is 0 Å². The van der Waals surface area contributed by atoms with Gasteiger partial charge < -0.3 is 5.73 Å². The molecule has 0 aromatic carbocycles. The molecule has 0 saturated heterocycles. The molecule has 1 aliphatic carbocycles. The van der Waals surface area contributed by atoms with E-state index in [9.17, 15) is 8.42 Å². The van der Waals surface area contributed by atoms with Gasteiger partial charge in [-0.1, -0.05) is 6.92 Å². The minimum Gasteiger partial charge on any atom is -0.329 e. The monoisotopic (exact) mass is 192 g/mol. The van der Waals surface area contributed by atoms with Gasteiger partial charge in [0.15, 0.2) is 0 Å². The molecule has 0 radical (unpaired) electrons. The predicted octanol–water partition coefficient (Wildman–Crippen LogP) is -0.194. The lowest BCUT2D eigenvalue weighted by atomic mass is 10.2. The second kappa shape index (κ2) is 3.72. The van der Waals surface area contributed by atoms with Crippen molar-refractivity contribution in [1.29, 1.82) is 0 Å². The highest BCUT2D eigenvalue weighted by molar-refractivity contribution is 7.90. The van der Waals surface area contributed by atoms with Gasteiger partial charge in [-0.15, -0.1) is 0 Å². The van der Waals surface area contributed by atoms with Crippen molar-refractivity contribution in [2.24, 2.45) is 5.73 Å². The van der Waals surface area contributed by atoms with Crippen LogP contribution in [-0.2, 0) is 10.0 Å². The molecule has 1 rings (SSSR count). The molecule has 0 spiro atoms. The summed E-state index contributed by atoms with van der Waals surface area (Å²) in [6, 6.07) is -0.0874. The number of hydrogen-bond acceptors (Lipinski definition) is 3. The zero-order valence-corrected chi connectivity index (χ0v) is 8.10. The van der Waals surface area contributed by atoms with E-state index in [0.29, 0.717) is 6.54 Å². The van der Waals surface area contributed by atoms with Crippen molar-refractivity contribution in [3.8, 4) is 0 Å². The maximum atomic E-state index is 11.4. The van der Waals surface area contributed by atoms with Crippen molar-refractivity contribution in [3.63, 3.8) is 0 Å². The lowest BCUT2D eigenvalue weighted by Gasteiger charge is -2.13. The van der Waals surface area contributed by atoms with Crippen LogP contribution in [0.1, 0.15) is 26.2 Å². The standard InChI is InChI=1S/C7H16N2O2S/c1-2-6(5-8)9-12(10,11)7-3-4-7/h6-7,9H,2-5,8H2,1H3. The fraction of sp³-hybridized carbons (Fsp3) is 1.00. The fourth-order valence-corrected chi connectivity index (χ4v) is 2.68. The normalized spacial score (nSPS) is 20.8. The number of nitrogens with one attached hydrogen (secondary N) is 1. The summed E-state index contributed by atoms with van der Waals surface area (Å²) in [5.41, 5.74) is 5.38. The van der Waals surface area contributed by atoms with E-state index in [-0.39, 0.29) is 11.3 Å². The minimum atomic E-state index is -3.04. The third kappa shape index (κ3) is 2.43. The Kier molecular flexibility index (Phi) is 3.09. The molecule has 3 N–H and O–H groups in total. The van der Waals surface area contributed by atoms with Crippen LogP contribution in [0, 0.1) is 0 Å². The van der Waals surface area contributed by atoms with E-state index in [1.54, 1.807) is 0 Å². The van der Waals surface area contributed by atoms with E-state index in [0.717, 1.165) is 19.3 Å². The molecule has 0 heterocycles. The van der Waals surface area contributed by atoms with Crippen LogP contribution in [-0.4, -0.2) is 26.3 Å². The third-order valence-electron chi connectivity index (χ3n) is 2.07. The molecule has 72 valence electrons. The lowest BCUT2D eigenvalue weighted by molar-refractivity contribution is 0.541. The van der Waals surface area contributed by atoms with Crippen LogP contribution in [0.3, 0.4) is 0 Å². The fourth-order valence-electron chi connectivity index (χ4n) is 1.00. The second-order valence-corrected chi connectivity index (χ2v) is 5.20. The molecule has 0 bridgehead atoms. The lowest BCUT2D eigenvalue weighted by Crippen LogP contribution is -2.41. The first-order valence-corrected chi connectivity index (χ1v) is 5.86. The zero-order chi connectivity index (χ0) is 9.19. The number of sulfonamides is 1. The van der Waals surface area contributed by atoms with Crippen molar-refractivity contribution in [2.45, 2.75) is 37.5 Å². The van der Waals surface area contributed by atoms with Gasteiger partial charge in [-0.25, -0.2) is 13.1 Å². The number of rotatable bonds is 5. The van der Waals surface area contributed by atoms with Gasteiger partial charge >= 0.3 is 0 Å². The highest BCUT2D eigenvalue weighted by Gasteiger charge is 2.36. The van der Waals surface area contributed by atoms with Gasteiger partial charge in [0.2, 0.25) is 10.0 Å². The molecule has 0 aromatic rings. The topological polar surface area (TPSA) is 72.2 Å². The van der Waals surface area contributed by atoms with Gasteiger partial charge in [0.1, 0.15) is 0 Å². The quantitative estimate of drug-likeness (QED) is 0.634. The number of nitrogens with two attached hydrogens (primary N) is 1. The zero-order valence-electron chi connectivity index (χ0n) is 7.29. The summed E-state index contributed by atoms with van der Waals surface area (Å²) in [7, 11) is -3.04. The van der Waals surface area contributed by atoms with E-state index in [2.05, 4.69) is 4.72 Å². The molecule has 5 heteroatoms. The Hall–Kier alpha value is -0.130. The smallest absolute Gasteiger partial charge is 0.214 e. The van der Waals surface area contributed by atoms with Crippen LogP contribution in [0.5, 0.6) is 0 Å². The third-order valence-corrected chi connectivity index (χ3v) is 4.08. The maximum Gasteiger partial charge on any atom is 0.214 e. The molecule has 1 atom stereocenters. The maximum absolute atomic E-state index is 11.4. The Morgan fingerprint density at radius 1 is 1.58 bits per heavy atom. The van der Waals surface area contributed by atoms with E-state index < -0.39 is 10.0 Å². The summed E-state index contributed by atoms with van der Waals surface area (Å²) in [5.74, 6) is 0. The van der Waals surface area contributed by atoms with Crippen molar-refractivity contribution in [1.82, 2.24) is 4.72 Å². The molecular formula is C7H16N2O2S. The summed E-state index contributed by atoms with van der Waals surface area (Å²) in [6.07, 6.45) is 2.36. The summed E-state index contributed by atoms with van der Waals surface area (Å²) in [6.45, 7) is 2.30. The SMILES string of the molecule is CCC(CN)NS(=O)(=O)C1CC1. The second-order valence-electron chi connectivity index (χ2n) is 3.20. The summed E-state index contributed by atoms with van der Waals surface area (Å²) in [5, 5.41) is -0.141. The van der Waals surface area contributed by atoms with E-state index in [4.69, 9.17) is 5.73 Å². The summed E-state index contributed by atoms with van der Waals surface area (Å²) >= 11 is 0. The van der Waals surface area contributed by atoms with Gasteiger partial charge in [-0.2, -0.15) is 0 Å². The van der Waals surface area contributed by atoms with Crippen LogP contribution in [0.15, 0.2) is 0 Å². The first-order valence-electron chi connectivity index (χ1n) is 4.31. The average Bonchev–Trinajstić information content (AvgIpc) is 2.82. The van der Waals surface area contributed by atoms with Crippen molar-refractivity contribution in [3.05, 3.63) is 0 Å². The summed E-state index contributed by atoms with van der Waals surface area (Å²) < 4.78 is 25.3. The first-order chi connectivity index (χ1) is 5.60. The Morgan fingerprint density at radius 2 is 2.17 bits per heavy atom. The molecule has 1 aliphatic rings. The van der Waals surface area contributed by atoms with Gasteiger partial charge in [0.25, 0.3) is 0 Å². The highest BCUT2D eigenvalue weighted by Crippen LogP contribution is 2.27. The van der Waals surface area contributed by atoms with Crippen LogP contribution < -0.4 is 10.5 Å². The molecular weight excluding hydrogens is 176 g/mol. The van der Waals surface area contributed by atoms with Gasteiger partial charge in [-0.05, 0) is 19.3 Å². The molecule has 1 fully saturated rings. The van der Waals surface area contributed by atoms with Crippen molar-refractivity contribution >= 4 is 10.0 Å². The van der Waals surface area contributed by atoms with Gasteiger partial charge in [0.05, 0.1) is 5.25 Å². The largest absolute Gasteiger partial charge is 0.329 e. The molecule has 4 nitrogen and oxygen atoms in total. The molecule has 12 heavy (non-hydrogen) atoms. The molecule has 1 unspecified atom stereocenters. The molecule has 1 saturated carbocycles. The molecule has 0 aromatic heterocycles. The Balaban J connectivity index is 2.47. The van der Waals surface area contributed by atoms with E-state index in [1.807, 2.05) is 6.92 Å². The van der Waals surface area contributed by atoms with E-state index in [1.165, 1.54) is 0 Å². The average molecular weight is 192 g/mol. The van der Waals surface area contributed by atoms with Crippen LogP contribution >= 0.6 is 0 Å². The highest BCUT2D eigenvalue weighted by atomic mass is 32.2. The minimum absolute atomic E-state index is 0.0874. The Morgan fingerprint density at radius 3 is 2.50 bits per heavy atom. The van der Waals surface area contributed by atoms with Crippen molar-refractivity contribution in [2.75, 3.05) is 6.54 Å². The number of hydrogen-bond donors (Lipinski definition) is 2. The van der Waals surface area contributed by atoms with Crippen LogP contribution in [0.2, 0.25) is 0 Å². The van der Waals surface area contributed by atoms with Crippen molar-refractivity contribution < 1.29 is 8.42 Å². The predicted molar refractivity (Wildman–Crippen MR) is 48.2 cm³/mol. The first kappa shape index (κ1) is 9.95. The Labute approximate surface area is 73.6 Å². The molecule has 0 amide bonds. The Bertz CT molecular complexity index is 230.